The van der Waals surface area contributed by atoms with Gasteiger partial charge in [0.05, 0.1) is 11.7 Å². The molecule has 0 fully saturated rings. The third-order valence-corrected chi connectivity index (χ3v) is 4.42. The van der Waals surface area contributed by atoms with Crippen molar-refractivity contribution >= 4 is 27.3 Å². The predicted octanol–water partition coefficient (Wildman–Crippen LogP) is 4.94. The lowest BCUT2D eigenvalue weighted by Crippen LogP contribution is -2.13. The molecule has 1 unspecified atom stereocenters. The third kappa shape index (κ3) is 3.59. The molecule has 108 valence electrons. The summed E-state index contributed by atoms with van der Waals surface area (Å²) in [4.78, 5) is 0.738. The minimum absolute atomic E-state index is 0.0466. The third-order valence-electron chi connectivity index (χ3n) is 2.70. The Hall–Kier alpha value is -0.920. The summed E-state index contributed by atoms with van der Waals surface area (Å²) in [7, 11) is 0. The van der Waals surface area contributed by atoms with Gasteiger partial charge in [-0.3, -0.25) is 0 Å². The number of benzene rings is 1. The Bertz CT molecular complexity index is 609. The lowest BCUT2D eigenvalue weighted by Gasteiger charge is -2.17. The summed E-state index contributed by atoms with van der Waals surface area (Å²) >= 11 is 4.56. The molecular weight excluding hydrogens is 360 g/mol. The monoisotopic (exact) mass is 368 g/mol. The summed E-state index contributed by atoms with van der Waals surface area (Å²) < 4.78 is 52.3. The van der Waals surface area contributed by atoms with Gasteiger partial charge in [-0.15, -0.1) is 11.3 Å². The number of halogens is 5. The van der Waals surface area contributed by atoms with Crippen LogP contribution in [0, 0.1) is 5.82 Å². The van der Waals surface area contributed by atoms with Gasteiger partial charge in [0.1, 0.15) is 5.82 Å². The van der Waals surface area contributed by atoms with Crippen molar-refractivity contribution in [3.05, 3.63) is 55.9 Å². The van der Waals surface area contributed by atoms with Gasteiger partial charge in [0.15, 0.2) is 0 Å². The molecule has 0 saturated heterocycles. The van der Waals surface area contributed by atoms with E-state index in [2.05, 4.69) is 15.9 Å². The van der Waals surface area contributed by atoms with Crippen LogP contribution in [0.2, 0.25) is 0 Å². The second-order valence-corrected chi connectivity index (χ2v) is 6.09. The van der Waals surface area contributed by atoms with Gasteiger partial charge in [-0.1, -0.05) is 6.07 Å². The number of aliphatic hydroxyl groups is 1. The second-order valence-electron chi connectivity index (χ2n) is 4.18. The highest BCUT2D eigenvalue weighted by molar-refractivity contribution is 9.10. The van der Waals surface area contributed by atoms with Gasteiger partial charge in [0.2, 0.25) is 0 Å². The summed E-state index contributed by atoms with van der Waals surface area (Å²) in [5.41, 5.74) is -1.45. The molecule has 1 aromatic carbocycles. The molecule has 2 aromatic rings. The summed E-state index contributed by atoms with van der Waals surface area (Å²) in [5, 5.41) is 11.8. The maximum absolute atomic E-state index is 13.0. The minimum Gasteiger partial charge on any atom is -0.388 e. The minimum atomic E-state index is -4.70. The topological polar surface area (TPSA) is 20.2 Å². The van der Waals surface area contributed by atoms with Crippen LogP contribution in [0.15, 0.2) is 34.1 Å². The molecule has 0 aliphatic heterocycles. The van der Waals surface area contributed by atoms with E-state index in [1.165, 1.54) is 11.3 Å². The van der Waals surface area contributed by atoms with Crippen LogP contribution >= 0.6 is 27.3 Å². The fraction of sp³-hybridized carbons (Fsp3) is 0.231. The number of hydrogen-bond donors (Lipinski definition) is 1. The molecular formula is C13H9BrF4OS. The first-order valence-corrected chi connectivity index (χ1v) is 7.22. The van der Waals surface area contributed by atoms with Crippen LogP contribution in [0.1, 0.15) is 22.1 Å². The summed E-state index contributed by atoms with van der Waals surface area (Å²) in [6.45, 7) is 0. The van der Waals surface area contributed by atoms with Crippen LogP contribution in [-0.4, -0.2) is 5.11 Å². The van der Waals surface area contributed by atoms with Crippen LogP contribution in [-0.2, 0) is 12.6 Å². The molecule has 1 N–H and O–H groups in total. The Morgan fingerprint density at radius 3 is 2.50 bits per heavy atom. The molecule has 1 atom stereocenters. The molecule has 20 heavy (non-hydrogen) atoms. The zero-order chi connectivity index (χ0) is 14.9. The van der Waals surface area contributed by atoms with E-state index in [-0.39, 0.29) is 12.0 Å². The number of rotatable bonds is 3. The predicted molar refractivity (Wildman–Crippen MR) is 72.1 cm³/mol. The zero-order valence-corrected chi connectivity index (χ0v) is 12.3. The van der Waals surface area contributed by atoms with Crippen LogP contribution in [0.4, 0.5) is 17.6 Å². The SMILES string of the molecule is OC(Cc1cc(Br)cs1)c1ccc(F)cc1C(F)(F)F. The highest BCUT2D eigenvalue weighted by atomic mass is 79.9. The zero-order valence-electron chi connectivity index (χ0n) is 9.92. The lowest BCUT2D eigenvalue weighted by atomic mass is 9.99. The molecule has 7 heteroatoms. The number of thiophene rings is 1. The van der Waals surface area contributed by atoms with Crippen LogP contribution < -0.4 is 0 Å². The Morgan fingerprint density at radius 2 is 1.95 bits per heavy atom. The van der Waals surface area contributed by atoms with Gasteiger partial charge in [0.25, 0.3) is 0 Å². The fourth-order valence-corrected chi connectivity index (χ4v) is 3.32. The van der Waals surface area contributed by atoms with Gasteiger partial charge in [-0.05, 0) is 39.7 Å². The molecule has 1 nitrogen and oxygen atoms in total. The number of alkyl halides is 3. The Labute approximate surface area is 125 Å². The quantitative estimate of drug-likeness (QED) is 0.760. The lowest BCUT2D eigenvalue weighted by molar-refractivity contribution is -0.139. The van der Waals surface area contributed by atoms with Gasteiger partial charge < -0.3 is 5.11 Å². The van der Waals surface area contributed by atoms with E-state index in [9.17, 15) is 22.7 Å². The van der Waals surface area contributed by atoms with Crippen molar-refractivity contribution in [3.63, 3.8) is 0 Å². The maximum Gasteiger partial charge on any atom is 0.416 e. The van der Waals surface area contributed by atoms with Gasteiger partial charge >= 0.3 is 6.18 Å². The molecule has 0 spiro atoms. The molecule has 0 saturated carbocycles. The van der Waals surface area contributed by atoms with E-state index in [1.54, 1.807) is 11.4 Å². The first-order valence-electron chi connectivity index (χ1n) is 5.55. The van der Waals surface area contributed by atoms with Crippen molar-refractivity contribution < 1.29 is 22.7 Å². The van der Waals surface area contributed by atoms with E-state index in [1.807, 2.05) is 0 Å². The largest absolute Gasteiger partial charge is 0.416 e. The van der Waals surface area contributed by atoms with Crippen molar-refractivity contribution in [2.45, 2.75) is 18.7 Å². The van der Waals surface area contributed by atoms with E-state index in [0.29, 0.717) is 6.07 Å². The van der Waals surface area contributed by atoms with Crippen molar-refractivity contribution in [2.75, 3.05) is 0 Å². The van der Waals surface area contributed by atoms with Gasteiger partial charge in [-0.25, -0.2) is 4.39 Å². The van der Waals surface area contributed by atoms with E-state index >= 15 is 0 Å². The van der Waals surface area contributed by atoms with Crippen LogP contribution in [0.5, 0.6) is 0 Å². The van der Waals surface area contributed by atoms with Gasteiger partial charge in [-0.2, -0.15) is 13.2 Å². The van der Waals surface area contributed by atoms with Crippen molar-refractivity contribution in [1.29, 1.82) is 0 Å². The van der Waals surface area contributed by atoms with Crippen LogP contribution in [0.25, 0.3) is 0 Å². The van der Waals surface area contributed by atoms with E-state index < -0.39 is 23.7 Å². The molecule has 0 amide bonds. The average molecular weight is 369 g/mol. The number of aliphatic hydroxyl groups excluding tert-OH is 1. The average Bonchev–Trinajstić information content (AvgIpc) is 2.73. The smallest absolute Gasteiger partial charge is 0.388 e. The maximum atomic E-state index is 13.0. The van der Waals surface area contributed by atoms with Crippen molar-refractivity contribution in [2.24, 2.45) is 0 Å². The van der Waals surface area contributed by atoms with E-state index in [4.69, 9.17) is 0 Å². The first-order chi connectivity index (χ1) is 9.27. The highest BCUT2D eigenvalue weighted by Crippen LogP contribution is 2.36. The molecule has 0 aliphatic carbocycles. The molecule has 2 rings (SSSR count). The van der Waals surface area contributed by atoms with Crippen LogP contribution in [0.3, 0.4) is 0 Å². The normalized spacial score (nSPS) is 13.5. The highest BCUT2D eigenvalue weighted by Gasteiger charge is 2.35. The Balaban J connectivity index is 2.32. The fourth-order valence-electron chi connectivity index (χ4n) is 1.83. The standard InChI is InChI=1S/C13H9BrF4OS/c14-7-3-9(20-6-7)5-12(19)10-2-1-8(15)4-11(10)13(16,17)18/h1-4,6,12,19H,5H2. The first kappa shape index (κ1) is 15.5. The second kappa shape index (κ2) is 5.83. The molecule has 0 aliphatic rings. The molecule has 0 bridgehead atoms. The molecule has 0 radical (unpaired) electrons. The number of hydrogen-bond acceptors (Lipinski definition) is 2. The summed E-state index contributed by atoms with van der Waals surface area (Å²) in [5.74, 6) is -0.979. The van der Waals surface area contributed by atoms with Crippen molar-refractivity contribution in [3.8, 4) is 0 Å². The Morgan fingerprint density at radius 1 is 1.25 bits per heavy atom. The Kier molecular flexibility index (Phi) is 4.51. The summed E-state index contributed by atoms with van der Waals surface area (Å²) in [6.07, 6.45) is -5.99. The van der Waals surface area contributed by atoms with Crippen molar-refractivity contribution in [1.82, 2.24) is 0 Å². The molecule has 1 aromatic heterocycles. The van der Waals surface area contributed by atoms with E-state index in [0.717, 1.165) is 21.5 Å². The molecule has 1 heterocycles. The summed E-state index contributed by atoms with van der Waals surface area (Å²) in [6, 6.07) is 4.02. The van der Waals surface area contributed by atoms with Gasteiger partial charge in [0, 0.05) is 21.2 Å².